The van der Waals surface area contributed by atoms with Crippen LogP contribution in [-0.4, -0.2) is 114 Å². The summed E-state index contributed by atoms with van der Waals surface area (Å²) in [6.07, 6.45) is 31.4. The lowest BCUT2D eigenvalue weighted by molar-refractivity contribution is -0.150. The lowest BCUT2D eigenvalue weighted by atomic mass is 10.1. The number of rotatable bonds is 53. The minimum Gasteiger partial charge on any atom is -0.466 e. The van der Waals surface area contributed by atoms with Gasteiger partial charge in [-0.15, -0.1) is 0 Å². The summed E-state index contributed by atoms with van der Waals surface area (Å²) in [5, 5.41) is 0. The second kappa shape index (κ2) is 53.2. The van der Waals surface area contributed by atoms with Gasteiger partial charge in [0, 0.05) is 38.6 Å². The van der Waals surface area contributed by atoms with E-state index in [2.05, 4.69) is 20.8 Å². The Bertz CT molecular complexity index is 1270. The van der Waals surface area contributed by atoms with Crippen LogP contribution in [0, 0.1) is 5.92 Å². The predicted molar refractivity (Wildman–Crippen MR) is 287 cm³/mol. The van der Waals surface area contributed by atoms with Crippen LogP contribution in [0.3, 0.4) is 0 Å². The first-order chi connectivity index (χ1) is 35.5. The van der Waals surface area contributed by atoms with Gasteiger partial charge < -0.3 is 42.8 Å². The fourth-order valence-electron chi connectivity index (χ4n) is 8.11. The lowest BCUT2D eigenvalue weighted by Crippen LogP contribution is -2.27. The van der Waals surface area contributed by atoms with Crippen molar-refractivity contribution >= 4 is 36.2 Å². The number of ether oxygens (including phenoxy) is 8. The van der Waals surface area contributed by atoms with E-state index in [-0.39, 0.29) is 76.2 Å². The van der Waals surface area contributed by atoms with Crippen LogP contribution in [0.15, 0.2) is 0 Å². The molecule has 0 aromatic heterocycles. The molecular formula is C58H107NO14. The Morgan fingerprint density at radius 1 is 0.329 bits per heavy atom. The van der Waals surface area contributed by atoms with Crippen molar-refractivity contribution in [1.29, 1.82) is 0 Å². The molecule has 0 saturated carbocycles. The number of carbonyl (C=O) groups is 6. The Morgan fingerprint density at radius 2 is 0.671 bits per heavy atom. The Hall–Kier alpha value is -3.62. The van der Waals surface area contributed by atoms with Crippen molar-refractivity contribution in [3.8, 4) is 0 Å². The Morgan fingerprint density at radius 3 is 1.10 bits per heavy atom. The first-order valence-corrected chi connectivity index (χ1v) is 29.4. The Balaban J connectivity index is 4.87. The molecule has 428 valence electrons. The van der Waals surface area contributed by atoms with Gasteiger partial charge in [0.1, 0.15) is 25.9 Å². The molecule has 0 heterocycles. The van der Waals surface area contributed by atoms with Gasteiger partial charge in [-0.1, -0.05) is 168 Å². The number of hydrogen-bond donors (Lipinski definition) is 0. The number of unbranched alkanes of at least 4 members (excludes halogenated alkanes) is 25. The summed E-state index contributed by atoms with van der Waals surface area (Å²) in [6.45, 7) is 8.15. The van der Waals surface area contributed by atoms with E-state index in [1.54, 1.807) is 0 Å². The maximum absolute atomic E-state index is 12.8. The molecule has 15 nitrogen and oxygen atoms in total. The molecule has 15 heteroatoms. The molecule has 0 N–H and O–H groups in total. The largest absolute Gasteiger partial charge is 0.508 e. The van der Waals surface area contributed by atoms with E-state index in [9.17, 15) is 28.8 Å². The molecular weight excluding hydrogens is 935 g/mol. The van der Waals surface area contributed by atoms with Crippen LogP contribution in [0.25, 0.3) is 0 Å². The molecule has 0 radical (unpaired) electrons. The van der Waals surface area contributed by atoms with E-state index in [1.165, 1.54) is 57.8 Å². The molecule has 0 bridgehead atoms. The van der Waals surface area contributed by atoms with Crippen LogP contribution in [0.5, 0.6) is 0 Å². The summed E-state index contributed by atoms with van der Waals surface area (Å²) in [7, 11) is 3.90. The zero-order valence-electron chi connectivity index (χ0n) is 47.1. The third-order valence-corrected chi connectivity index (χ3v) is 12.7. The molecule has 0 aliphatic carbocycles. The summed E-state index contributed by atoms with van der Waals surface area (Å²) >= 11 is 0. The average molecular weight is 1040 g/mol. The molecule has 1 unspecified atom stereocenters. The van der Waals surface area contributed by atoms with Crippen LogP contribution >= 0.6 is 0 Å². The van der Waals surface area contributed by atoms with Gasteiger partial charge in [0.2, 0.25) is 0 Å². The lowest BCUT2D eigenvalue weighted by Gasteiger charge is -2.19. The van der Waals surface area contributed by atoms with Gasteiger partial charge in [-0.05, 0) is 71.9 Å². The van der Waals surface area contributed by atoms with Crippen LogP contribution in [0.4, 0.5) is 9.59 Å². The third kappa shape index (κ3) is 51.6. The molecule has 1 atom stereocenters. The first kappa shape index (κ1) is 69.4. The van der Waals surface area contributed by atoms with E-state index in [4.69, 9.17) is 37.9 Å². The third-order valence-electron chi connectivity index (χ3n) is 12.7. The van der Waals surface area contributed by atoms with Crippen LogP contribution in [0.1, 0.15) is 258 Å². The van der Waals surface area contributed by atoms with E-state index in [0.29, 0.717) is 51.7 Å². The zero-order chi connectivity index (χ0) is 53.7. The summed E-state index contributed by atoms with van der Waals surface area (Å²) in [6, 6.07) is 0. The van der Waals surface area contributed by atoms with Crippen LogP contribution in [0.2, 0.25) is 0 Å². The van der Waals surface area contributed by atoms with Crippen molar-refractivity contribution in [3.05, 3.63) is 0 Å². The van der Waals surface area contributed by atoms with E-state index < -0.39 is 24.3 Å². The van der Waals surface area contributed by atoms with Crippen molar-refractivity contribution in [3.63, 3.8) is 0 Å². The van der Waals surface area contributed by atoms with E-state index >= 15 is 0 Å². The highest BCUT2D eigenvalue weighted by atomic mass is 16.7. The number of carbonyl (C=O) groups excluding carboxylic acids is 6. The SMILES string of the molecule is CCCCCCCCOC(=O)CCCCCCCCC(=O)OCC(COC(=O)CCCCCCCCC(=O)OCCCCCCCC)COC(=O)OCCC(CCCCCCCC)OC(=O)OCCCN(C)C. The Labute approximate surface area is 443 Å². The summed E-state index contributed by atoms with van der Waals surface area (Å²) in [5.41, 5.74) is 0. The van der Waals surface area contributed by atoms with Crippen molar-refractivity contribution in [1.82, 2.24) is 4.90 Å². The van der Waals surface area contributed by atoms with Crippen molar-refractivity contribution in [2.45, 2.75) is 264 Å². The summed E-state index contributed by atoms with van der Waals surface area (Å²) in [4.78, 5) is 76.8. The monoisotopic (exact) mass is 1040 g/mol. The molecule has 0 spiro atoms. The highest BCUT2D eigenvalue weighted by molar-refractivity contribution is 5.70. The van der Waals surface area contributed by atoms with E-state index in [1.807, 2.05) is 19.0 Å². The van der Waals surface area contributed by atoms with Crippen LogP contribution in [-0.2, 0) is 57.1 Å². The smallest absolute Gasteiger partial charge is 0.466 e. The molecule has 0 aliphatic rings. The van der Waals surface area contributed by atoms with Gasteiger partial charge in [-0.3, -0.25) is 19.2 Å². The van der Waals surface area contributed by atoms with E-state index in [0.717, 1.165) is 129 Å². The molecule has 0 aliphatic heterocycles. The fraction of sp³-hybridized carbons (Fsp3) is 0.897. The van der Waals surface area contributed by atoms with Gasteiger partial charge in [0.25, 0.3) is 0 Å². The molecule has 0 rings (SSSR count). The molecule has 0 aromatic rings. The fourth-order valence-corrected chi connectivity index (χ4v) is 8.11. The first-order valence-electron chi connectivity index (χ1n) is 29.4. The van der Waals surface area contributed by atoms with Crippen LogP contribution < -0.4 is 0 Å². The highest BCUT2D eigenvalue weighted by Gasteiger charge is 2.20. The Kier molecular flexibility index (Phi) is 50.6. The number of nitrogens with zero attached hydrogens (tertiary/aromatic N) is 1. The second-order valence-corrected chi connectivity index (χ2v) is 20.2. The van der Waals surface area contributed by atoms with Crippen molar-refractivity contribution < 1.29 is 66.7 Å². The molecule has 0 aromatic carbocycles. The standard InChI is InChI=1S/C58H107NO14/c1-6-9-12-15-22-29-37-52(73-58(65)68-46-36-43-59(4)5)42-47-69-57(64)72-50-51(48-70-55(62)40-32-25-20-18-23-30-38-53(60)66-44-34-27-16-13-10-7-2)49-71-56(63)41-33-26-21-19-24-31-39-54(61)67-45-35-28-17-14-11-8-3/h51-52H,6-50H2,1-5H3. The topological polar surface area (TPSA) is 179 Å². The summed E-state index contributed by atoms with van der Waals surface area (Å²) < 4.78 is 43.5. The normalized spacial score (nSPS) is 11.6. The molecule has 0 amide bonds. The minimum atomic E-state index is -0.928. The number of esters is 4. The quantitative estimate of drug-likeness (QED) is 0.0319. The average Bonchev–Trinajstić information content (AvgIpc) is 3.36. The van der Waals surface area contributed by atoms with Gasteiger partial charge in [-0.2, -0.15) is 0 Å². The van der Waals surface area contributed by atoms with Crippen molar-refractivity contribution in [2.75, 3.05) is 66.9 Å². The van der Waals surface area contributed by atoms with Gasteiger partial charge in [-0.25, -0.2) is 9.59 Å². The summed E-state index contributed by atoms with van der Waals surface area (Å²) in [5.74, 6) is -1.63. The zero-order valence-corrected chi connectivity index (χ0v) is 47.1. The highest BCUT2D eigenvalue weighted by Crippen LogP contribution is 2.16. The van der Waals surface area contributed by atoms with Crippen molar-refractivity contribution in [2.24, 2.45) is 5.92 Å². The van der Waals surface area contributed by atoms with Gasteiger partial charge in [0.05, 0.1) is 32.3 Å². The minimum absolute atomic E-state index is 0.0421. The maximum Gasteiger partial charge on any atom is 0.508 e. The maximum atomic E-state index is 12.8. The predicted octanol–water partition coefficient (Wildman–Crippen LogP) is 14.5. The molecule has 0 fully saturated rings. The number of hydrogen-bond acceptors (Lipinski definition) is 15. The second-order valence-electron chi connectivity index (χ2n) is 20.2. The molecule has 0 saturated heterocycles. The van der Waals surface area contributed by atoms with Gasteiger partial charge in [0.15, 0.2) is 0 Å². The van der Waals surface area contributed by atoms with Gasteiger partial charge >= 0.3 is 36.2 Å². The molecule has 73 heavy (non-hydrogen) atoms.